The van der Waals surface area contributed by atoms with Gasteiger partial charge in [-0.3, -0.25) is 0 Å². The molecule has 0 saturated heterocycles. The first kappa shape index (κ1) is 10.5. The second kappa shape index (κ2) is 4.68. The van der Waals surface area contributed by atoms with Crippen molar-refractivity contribution in [3.05, 3.63) is 35.8 Å². The highest BCUT2D eigenvalue weighted by Crippen LogP contribution is 2.12. The molecule has 80 valence electrons. The Bertz CT molecular complexity index is 450. The number of imidazole rings is 1. The summed E-state index contributed by atoms with van der Waals surface area (Å²) in [6.07, 6.45) is 4.19. The Hall–Kier alpha value is -1.00. The maximum Gasteiger partial charge on any atom is 0.137 e. The maximum atomic E-state index is 5.44. The Kier molecular flexibility index (Phi) is 3.28. The van der Waals surface area contributed by atoms with Crippen LogP contribution in [0, 0.1) is 6.92 Å². The normalized spacial score (nSPS) is 11.1. The minimum absolute atomic E-state index is 0.733. The average Bonchev–Trinajstić information content (AvgIpc) is 2.60. The fraction of sp³-hybridized carbons (Fsp3) is 0.364. The van der Waals surface area contributed by atoms with Crippen molar-refractivity contribution in [1.82, 2.24) is 9.38 Å². The fourth-order valence-corrected chi connectivity index (χ4v) is 2.14. The molecule has 0 aliphatic heterocycles. The van der Waals surface area contributed by atoms with Gasteiger partial charge in [-0.1, -0.05) is 6.07 Å². The second-order valence-corrected chi connectivity index (χ2v) is 4.65. The van der Waals surface area contributed by atoms with Gasteiger partial charge in [0.25, 0.3) is 0 Å². The van der Waals surface area contributed by atoms with E-state index in [1.54, 1.807) is 0 Å². The standard InChI is InChI=1S/C11H15N3S/c1-9-2-3-11-13-10(7-14(11)6-9)8-15-5-4-12/h2-3,6-7H,4-5,8,12H2,1H3. The van der Waals surface area contributed by atoms with E-state index in [9.17, 15) is 0 Å². The SMILES string of the molecule is Cc1ccc2nc(CSCCN)cn2c1. The highest BCUT2D eigenvalue weighted by atomic mass is 32.2. The van der Waals surface area contributed by atoms with Crippen LogP contribution in [0.15, 0.2) is 24.5 Å². The summed E-state index contributed by atoms with van der Waals surface area (Å²) in [7, 11) is 0. The molecule has 0 saturated carbocycles. The van der Waals surface area contributed by atoms with Crippen molar-refractivity contribution in [3.63, 3.8) is 0 Å². The molecule has 0 radical (unpaired) electrons. The second-order valence-electron chi connectivity index (χ2n) is 3.55. The largest absolute Gasteiger partial charge is 0.330 e. The maximum absolute atomic E-state index is 5.44. The number of hydrogen-bond donors (Lipinski definition) is 1. The third-order valence-electron chi connectivity index (χ3n) is 2.16. The molecule has 15 heavy (non-hydrogen) atoms. The number of nitrogens with zero attached hydrogens (tertiary/aromatic N) is 2. The van der Waals surface area contributed by atoms with E-state index in [0.29, 0.717) is 0 Å². The topological polar surface area (TPSA) is 43.3 Å². The summed E-state index contributed by atoms with van der Waals surface area (Å²) >= 11 is 1.82. The van der Waals surface area contributed by atoms with Crippen LogP contribution in [0.3, 0.4) is 0 Å². The summed E-state index contributed by atoms with van der Waals surface area (Å²) in [6, 6.07) is 4.13. The van der Waals surface area contributed by atoms with Gasteiger partial charge in [-0.05, 0) is 18.6 Å². The Morgan fingerprint density at radius 3 is 3.07 bits per heavy atom. The van der Waals surface area contributed by atoms with Gasteiger partial charge < -0.3 is 10.1 Å². The van der Waals surface area contributed by atoms with Crippen LogP contribution >= 0.6 is 11.8 Å². The lowest BCUT2D eigenvalue weighted by Crippen LogP contribution is -2.01. The van der Waals surface area contributed by atoms with E-state index >= 15 is 0 Å². The monoisotopic (exact) mass is 221 g/mol. The lowest BCUT2D eigenvalue weighted by Gasteiger charge is -1.93. The molecule has 0 spiro atoms. The van der Waals surface area contributed by atoms with Gasteiger partial charge in [0, 0.05) is 30.4 Å². The molecule has 0 aliphatic carbocycles. The Morgan fingerprint density at radius 2 is 2.27 bits per heavy atom. The summed E-state index contributed by atoms with van der Waals surface area (Å²) in [4.78, 5) is 4.53. The van der Waals surface area contributed by atoms with Gasteiger partial charge in [0.2, 0.25) is 0 Å². The zero-order valence-electron chi connectivity index (χ0n) is 8.81. The van der Waals surface area contributed by atoms with E-state index in [2.05, 4.69) is 34.8 Å². The Labute approximate surface area is 93.7 Å². The molecule has 0 amide bonds. The first-order chi connectivity index (χ1) is 7.29. The van der Waals surface area contributed by atoms with Crippen molar-refractivity contribution < 1.29 is 0 Å². The molecule has 2 aromatic heterocycles. The third-order valence-corrected chi connectivity index (χ3v) is 3.19. The molecule has 4 heteroatoms. The summed E-state index contributed by atoms with van der Waals surface area (Å²) in [6.45, 7) is 2.82. The molecule has 0 atom stereocenters. The van der Waals surface area contributed by atoms with Crippen LogP contribution in [0.2, 0.25) is 0 Å². The van der Waals surface area contributed by atoms with Crippen LogP contribution in [0.1, 0.15) is 11.3 Å². The van der Waals surface area contributed by atoms with Crippen molar-refractivity contribution in [2.45, 2.75) is 12.7 Å². The summed E-state index contributed by atoms with van der Waals surface area (Å²) in [5.41, 5.74) is 8.83. The Morgan fingerprint density at radius 1 is 1.40 bits per heavy atom. The van der Waals surface area contributed by atoms with E-state index in [-0.39, 0.29) is 0 Å². The molecule has 2 aromatic rings. The van der Waals surface area contributed by atoms with Crippen LogP contribution in [-0.4, -0.2) is 21.7 Å². The molecule has 0 unspecified atom stereocenters. The van der Waals surface area contributed by atoms with Gasteiger partial charge in [0.05, 0.1) is 5.69 Å². The first-order valence-corrected chi connectivity index (χ1v) is 6.17. The first-order valence-electron chi connectivity index (χ1n) is 5.01. The number of pyridine rings is 1. The number of fused-ring (bicyclic) bond motifs is 1. The van der Waals surface area contributed by atoms with E-state index < -0.39 is 0 Å². The quantitative estimate of drug-likeness (QED) is 0.801. The summed E-state index contributed by atoms with van der Waals surface area (Å²) in [5, 5.41) is 0. The van der Waals surface area contributed by atoms with Crippen LogP contribution in [0.5, 0.6) is 0 Å². The van der Waals surface area contributed by atoms with Gasteiger partial charge in [-0.15, -0.1) is 0 Å². The highest BCUT2D eigenvalue weighted by Gasteiger charge is 2.00. The van der Waals surface area contributed by atoms with Crippen molar-refractivity contribution in [3.8, 4) is 0 Å². The summed E-state index contributed by atoms with van der Waals surface area (Å²) in [5.74, 6) is 1.94. The fourth-order valence-electron chi connectivity index (χ4n) is 1.49. The number of hydrogen-bond acceptors (Lipinski definition) is 3. The summed E-state index contributed by atoms with van der Waals surface area (Å²) < 4.78 is 2.08. The molecule has 0 fully saturated rings. The minimum Gasteiger partial charge on any atom is -0.330 e. The van der Waals surface area contributed by atoms with Gasteiger partial charge in [-0.2, -0.15) is 11.8 Å². The third kappa shape index (κ3) is 2.52. The predicted molar refractivity (Wildman–Crippen MR) is 65.1 cm³/mol. The van der Waals surface area contributed by atoms with Crippen LogP contribution in [0.4, 0.5) is 0 Å². The van der Waals surface area contributed by atoms with Crippen molar-refractivity contribution >= 4 is 17.4 Å². The van der Waals surface area contributed by atoms with Crippen molar-refractivity contribution in [2.24, 2.45) is 5.73 Å². The highest BCUT2D eigenvalue weighted by molar-refractivity contribution is 7.98. The molecule has 0 aromatic carbocycles. The Balaban J connectivity index is 2.16. The molecule has 2 N–H and O–H groups in total. The lowest BCUT2D eigenvalue weighted by molar-refractivity contribution is 1.14. The number of thioether (sulfide) groups is 1. The zero-order valence-corrected chi connectivity index (χ0v) is 9.63. The van der Waals surface area contributed by atoms with Crippen LogP contribution in [0.25, 0.3) is 5.65 Å². The minimum atomic E-state index is 0.733. The molecular weight excluding hydrogens is 206 g/mol. The molecule has 0 bridgehead atoms. The van der Waals surface area contributed by atoms with Gasteiger partial charge in [-0.25, -0.2) is 4.98 Å². The average molecular weight is 221 g/mol. The lowest BCUT2D eigenvalue weighted by atomic mass is 10.3. The van der Waals surface area contributed by atoms with Crippen molar-refractivity contribution in [2.75, 3.05) is 12.3 Å². The predicted octanol–water partition coefficient (Wildman–Crippen LogP) is 1.83. The van der Waals surface area contributed by atoms with E-state index in [4.69, 9.17) is 5.73 Å². The van der Waals surface area contributed by atoms with E-state index in [1.807, 2.05) is 17.8 Å². The van der Waals surface area contributed by atoms with Crippen molar-refractivity contribution in [1.29, 1.82) is 0 Å². The number of aromatic nitrogens is 2. The number of aryl methyl sites for hydroxylation is 1. The van der Waals surface area contributed by atoms with Gasteiger partial charge in [0.15, 0.2) is 0 Å². The van der Waals surface area contributed by atoms with E-state index in [0.717, 1.165) is 29.4 Å². The van der Waals surface area contributed by atoms with E-state index in [1.165, 1.54) is 5.56 Å². The molecule has 2 heterocycles. The number of rotatable bonds is 4. The van der Waals surface area contributed by atoms with Crippen LogP contribution < -0.4 is 5.73 Å². The molecule has 0 aliphatic rings. The number of nitrogens with two attached hydrogens (primary N) is 1. The molecular formula is C11H15N3S. The van der Waals surface area contributed by atoms with Crippen LogP contribution in [-0.2, 0) is 5.75 Å². The van der Waals surface area contributed by atoms with Gasteiger partial charge >= 0.3 is 0 Å². The zero-order chi connectivity index (χ0) is 10.7. The molecule has 3 nitrogen and oxygen atoms in total. The smallest absolute Gasteiger partial charge is 0.137 e. The molecule has 2 rings (SSSR count). The van der Waals surface area contributed by atoms with Gasteiger partial charge in [0.1, 0.15) is 5.65 Å².